The molecule has 1 N–H and O–H groups in total. The second kappa shape index (κ2) is 7.85. The number of benzene rings is 1. The Bertz CT molecular complexity index is 782. The monoisotopic (exact) mass is 355 g/mol. The molecule has 1 aliphatic rings. The summed E-state index contributed by atoms with van der Waals surface area (Å²) in [5, 5.41) is 28.1. The van der Waals surface area contributed by atoms with Crippen LogP contribution in [0.2, 0.25) is 0 Å². The van der Waals surface area contributed by atoms with Crippen molar-refractivity contribution in [2.45, 2.75) is 38.3 Å². The van der Waals surface area contributed by atoms with Gasteiger partial charge < -0.3 is 9.84 Å². The molecule has 0 saturated carbocycles. The van der Waals surface area contributed by atoms with Gasteiger partial charge in [0.2, 0.25) is 0 Å². The Morgan fingerprint density at radius 2 is 2.27 bits per heavy atom. The molecule has 1 fully saturated rings. The van der Waals surface area contributed by atoms with E-state index in [1.165, 1.54) is 0 Å². The lowest BCUT2D eigenvalue weighted by Crippen LogP contribution is -2.32. The quantitative estimate of drug-likeness (QED) is 0.765. The number of aliphatic hydroxyl groups is 1. The molecule has 0 bridgehead atoms. The van der Waals surface area contributed by atoms with Crippen LogP contribution in [0.3, 0.4) is 0 Å². The van der Waals surface area contributed by atoms with E-state index in [4.69, 9.17) is 10.00 Å². The zero-order valence-corrected chi connectivity index (χ0v) is 15.3. The van der Waals surface area contributed by atoms with Crippen LogP contribution < -0.4 is 4.74 Å². The Kier molecular flexibility index (Phi) is 5.55. The molecule has 2 aromatic rings. The van der Waals surface area contributed by atoms with E-state index in [2.05, 4.69) is 21.3 Å². The van der Waals surface area contributed by atoms with Crippen LogP contribution in [0.25, 0.3) is 0 Å². The molecule has 1 atom stereocenters. The smallest absolute Gasteiger partial charge is 0.124 e. The first-order chi connectivity index (χ1) is 12.5. The van der Waals surface area contributed by atoms with Crippen molar-refractivity contribution in [1.82, 2.24) is 19.9 Å². The largest absolute Gasteiger partial charge is 0.494 e. The number of likely N-dealkylation sites (tertiary alicyclic amines) is 1. The van der Waals surface area contributed by atoms with Gasteiger partial charge in [0, 0.05) is 25.7 Å². The average molecular weight is 355 g/mol. The maximum atomic E-state index is 10.9. The van der Waals surface area contributed by atoms with Crippen LogP contribution in [0.1, 0.15) is 44.0 Å². The number of nitriles is 1. The lowest BCUT2D eigenvalue weighted by molar-refractivity contribution is 0.0411. The average Bonchev–Trinajstić information content (AvgIpc) is 3.27. The number of hydrogen-bond donors (Lipinski definition) is 1. The van der Waals surface area contributed by atoms with Crippen molar-refractivity contribution in [2.75, 3.05) is 26.2 Å². The van der Waals surface area contributed by atoms with Crippen LogP contribution in [0, 0.1) is 11.3 Å². The van der Waals surface area contributed by atoms with Gasteiger partial charge in [0.15, 0.2) is 0 Å². The van der Waals surface area contributed by atoms with Gasteiger partial charge in [-0.25, -0.2) is 4.68 Å². The predicted octanol–water partition coefficient (Wildman–Crippen LogP) is 2.09. The summed E-state index contributed by atoms with van der Waals surface area (Å²) >= 11 is 0. The van der Waals surface area contributed by atoms with Gasteiger partial charge in [0.05, 0.1) is 24.4 Å². The van der Waals surface area contributed by atoms with E-state index in [0.717, 1.165) is 19.5 Å². The minimum atomic E-state index is -0.922. The van der Waals surface area contributed by atoms with Crippen molar-refractivity contribution in [3.63, 3.8) is 0 Å². The molecule has 26 heavy (non-hydrogen) atoms. The number of aromatic nitrogens is 3. The van der Waals surface area contributed by atoms with Crippen molar-refractivity contribution in [3.8, 4) is 11.8 Å². The molecule has 0 radical (unpaired) electrons. The zero-order valence-electron chi connectivity index (χ0n) is 15.3. The van der Waals surface area contributed by atoms with Gasteiger partial charge >= 0.3 is 0 Å². The lowest BCUT2D eigenvalue weighted by Gasteiger charge is -2.21. The van der Waals surface area contributed by atoms with Gasteiger partial charge in [-0.1, -0.05) is 11.3 Å². The molecular formula is C19H25N5O2. The fourth-order valence-corrected chi connectivity index (χ4v) is 3.15. The molecule has 2 heterocycles. The Hall–Kier alpha value is -2.43. The minimum absolute atomic E-state index is 0.231. The third-order valence-electron chi connectivity index (χ3n) is 4.69. The zero-order chi connectivity index (χ0) is 18.6. The Balaban J connectivity index is 1.46. The summed E-state index contributed by atoms with van der Waals surface area (Å²) in [6.07, 6.45) is 3.36. The molecular weight excluding hydrogens is 330 g/mol. The molecule has 1 unspecified atom stereocenters. The van der Waals surface area contributed by atoms with Gasteiger partial charge in [-0.05, 0) is 44.9 Å². The third-order valence-corrected chi connectivity index (χ3v) is 4.69. The van der Waals surface area contributed by atoms with Crippen LogP contribution in [-0.4, -0.2) is 51.2 Å². The first-order valence-electron chi connectivity index (χ1n) is 9.00. The fourth-order valence-electron chi connectivity index (χ4n) is 3.15. The summed E-state index contributed by atoms with van der Waals surface area (Å²) in [7, 11) is 0. The van der Waals surface area contributed by atoms with Gasteiger partial charge in [-0.3, -0.25) is 4.90 Å². The number of β-amino-alcohol motifs (C(OH)–C–C–N with tert-alkyl or cyclic N) is 1. The Morgan fingerprint density at radius 1 is 1.42 bits per heavy atom. The molecule has 7 heteroatoms. The summed E-state index contributed by atoms with van der Waals surface area (Å²) in [5.41, 5.74) is 0.328. The standard InChI is InChI=1S/C19H25N5O2/c1-15(2)24-13-18(21-22-24)19(25)7-9-23(14-19)8-4-10-26-17-6-3-5-16(11-17)12-20/h3,5-6,11,13,15,25H,4,7-10,14H2,1-2H3. The molecule has 1 saturated heterocycles. The maximum absolute atomic E-state index is 10.9. The second-order valence-electron chi connectivity index (χ2n) is 7.08. The molecule has 1 aliphatic heterocycles. The van der Waals surface area contributed by atoms with Crippen LogP contribution >= 0.6 is 0 Å². The summed E-state index contributed by atoms with van der Waals surface area (Å²) < 4.78 is 7.49. The van der Waals surface area contributed by atoms with Gasteiger partial charge in [0.1, 0.15) is 17.0 Å². The fraction of sp³-hybridized carbons (Fsp3) is 0.526. The van der Waals surface area contributed by atoms with E-state index in [0.29, 0.717) is 36.6 Å². The molecule has 7 nitrogen and oxygen atoms in total. The highest BCUT2D eigenvalue weighted by Gasteiger charge is 2.39. The lowest BCUT2D eigenvalue weighted by atomic mass is 10.00. The van der Waals surface area contributed by atoms with Crippen LogP contribution in [0.5, 0.6) is 5.75 Å². The van der Waals surface area contributed by atoms with Crippen LogP contribution in [-0.2, 0) is 5.60 Å². The predicted molar refractivity (Wildman–Crippen MR) is 96.6 cm³/mol. The van der Waals surface area contributed by atoms with Crippen molar-refractivity contribution < 1.29 is 9.84 Å². The number of ether oxygens (including phenoxy) is 1. The van der Waals surface area contributed by atoms with Crippen LogP contribution in [0.4, 0.5) is 0 Å². The summed E-state index contributed by atoms with van der Waals surface area (Å²) in [4.78, 5) is 2.23. The van der Waals surface area contributed by atoms with Crippen molar-refractivity contribution in [1.29, 1.82) is 5.26 Å². The first-order valence-corrected chi connectivity index (χ1v) is 9.00. The van der Waals surface area contributed by atoms with Crippen molar-refractivity contribution in [3.05, 3.63) is 41.7 Å². The SMILES string of the molecule is CC(C)n1cc(C2(O)CCN(CCCOc3cccc(C#N)c3)C2)nn1. The normalized spacial score (nSPS) is 20.4. The highest BCUT2D eigenvalue weighted by atomic mass is 16.5. The molecule has 3 rings (SSSR count). The van der Waals surface area contributed by atoms with Gasteiger partial charge in [0.25, 0.3) is 0 Å². The molecule has 0 aliphatic carbocycles. The van der Waals surface area contributed by atoms with E-state index in [9.17, 15) is 5.11 Å². The molecule has 0 spiro atoms. The summed E-state index contributed by atoms with van der Waals surface area (Å²) in [6, 6.07) is 9.51. The summed E-state index contributed by atoms with van der Waals surface area (Å²) in [5.74, 6) is 0.715. The number of hydrogen-bond acceptors (Lipinski definition) is 6. The summed E-state index contributed by atoms with van der Waals surface area (Å²) in [6.45, 7) is 6.89. The molecule has 1 aromatic heterocycles. The highest BCUT2D eigenvalue weighted by molar-refractivity contribution is 5.36. The Morgan fingerprint density at radius 3 is 3.00 bits per heavy atom. The third kappa shape index (κ3) is 4.21. The van der Waals surface area contributed by atoms with Gasteiger partial charge in [-0.2, -0.15) is 5.26 Å². The second-order valence-corrected chi connectivity index (χ2v) is 7.08. The first kappa shape index (κ1) is 18.4. The minimum Gasteiger partial charge on any atom is -0.494 e. The van der Waals surface area contributed by atoms with E-state index in [1.807, 2.05) is 32.2 Å². The van der Waals surface area contributed by atoms with Gasteiger partial charge in [-0.15, -0.1) is 5.10 Å². The number of rotatable bonds is 7. The molecule has 1 aromatic carbocycles. The van der Waals surface area contributed by atoms with Crippen molar-refractivity contribution >= 4 is 0 Å². The molecule has 138 valence electrons. The van der Waals surface area contributed by atoms with E-state index >= 15 is 0 Å². The van der Waals surface area contributed by atoms with E-state index in [1.54, 1.807) is 16.8 Å². The van der Waals surface area contributed by atoms with Crippen LogP contribution in [0.15, 0.2) is 30.5 Å². The topological polar surface area (TPSA) is 87.2 Å². The molecule has 0 amide bonds. The maximum Gasteiger partial charge on any atom is 0.124 e. The highest BCUT2D eigenvalue weighted by Crippen LogP contribution is 2.30. The van der Waals surface area contributed by atoms with Crippen molar-refractivity contribution in [2.24, 2.45) is 0 Å². The van der Waals surface area contributed by atoms with E-state index in [-0.39, 0.29) is 6.04 Å². The Labute approximate surface area is 153 Å². The van der Waals surface area contributed by atoms with E-state index < -0.39 is 5.60 Å². The number of nitrogens with zero attached hydrogens (tertiary/aromatic N) is 5.